The lowest BCUT2D eigenvalue weighted by Crippen LogP contribution is -2.38. The third-order valence-electron chi connectivity index (χ3n) is 1.78. The van der Waals surface area contributed by atoms with E-state index in [0.29, 0.717) is 0 Å². The first-order chi connectivity index (χ1) is 7.56. The normalized spacial score (nSPS) is 14.4. The van der Waals surface area contributed by atoms with Crippen molar-refractivity contribution in [3.8, 4) is 0 Å². The first-order valence-corrected chi connectivity index (χ1v) is 6.62. The van der Waals surface area contributed by atoms with Crippen LogP contribution in [0.25, 0.3) is 0 Å². The zero-order chi connectivity index (χ0) is 13.7. The van der Waals surface area contributed by atoms with Gasteiger partial charge in [0.2, 0.25) is 5.91 Å². The smallest absolute Gasteiger partial charge is 0.346 e. The van der Waals surface area contributed by atoms with Crippen LogP contribution in [0.1, 0.15) is 6.92 Å². The topological polar surface area (TPSA) is 89.3 Å². The van der Waals surface area contributed by atoms with Crippen molar-refractivity contribution in [1.82, 2.24) is 5.32 Å². The highest BCUT2D eigenvalue weighted by Gasteiger charge is 2.28. The lowest BCUT2D eigenvalue weighted by atomic mass is 10.2. The summed E-state index contributed by atoms with van der Waals surface area (Å²) in [6.07, 6.45) is -4.55. The summed E-state index contributed by atoms with van der Waals surface area (Å²) >= 11 is 0. The largest absolute Gasteiger partial charge is 0.405 e. The molecule has 17 heavy (non-hydrogen) atoms. The molecule has 102 valence electrons. The summed E-state index contributed by atoms with van der Waals surface area (Å²) in [6.45, 7) is 0.169. The molecular weight excluding hydrogens is 261 g/mol. The van der Waals surface area contributed by atoms with Crippen molar-refractivity contribution < 1.29 is 26.4 Å². The van der Waals surface area contributed by atoms with Crippen molar-refractivity contribution in [2.45, 2.75) is 13.1 Å². The van der Waals surface area contributed by atoms with E-state index in [2.05, 4.69) is 0 Å². The Morgan fingerprint density at radius 1 is 1.41 bits per heavy atom. The summed E-state index contributed by atoms with van der Waals surface area (Å²) in [4.78, 5) is 11.0. The van der Waals surface area contributed by atoms with Crippen molar-refractivity contribution in [1.29, 1.82) is 0 Å². The Labute approximate surface area is 97.5 Å². The van der Waals surface area contributed by atoms with Gasteiger partial charge in [0.15, 0.2) is 9.84 Å². The molecule has 0 aromatic heterocycles. The maximum absolute atomic E-state index is 11.7. The third-order valence-corrected chi connectivity index (χ3v) is 3.56. The summed E-state index contributed by atoms with van der Waals surface area (Å²) in [5.41, 5.74) is 5.21. The number of alkyl halides is 3. The number of carbonyl (C=O) groups is 1. The van der Waals surface area contributed by atoms with Gasteiger partial charge in [0.05, 0.1) is 5.75 Å². The lowest BCUT2D eigenvalue weighted by Gasteiger charge is -2.10. The van der Waals surface area contributed by atoms with Crippen LogP contribution in [0.4, 0.5) is 13.2 Å². The Kier molecular flexibility index (Phi) is 5.89. The highest BCUT2D eigenvalue weighted by atomic mass is 32.2. The molecule has 0 heterocycles. The molecule has 0 saturated heterocycles. The number of sulfone groups is 1. The minimum atomic E-state index is -4.55. The molecule has 0 aliphatic rings. The number of hydrogen-bond donors (Lipinski definition) is 2. The van der Waals surface area contributed by atoms with Gasteiger partial charge in [0.25, 0.3) is 0 Å². The first kappa shape index (κ1) is 16.2. The molecule has 1 unspecified atom stereocenters. The zero-order valence-corrected chi connectivity index (χ0v) is 10.1. The van der Waals surface area contributed by atoms with Crippen molar-refractivity contribution >= 4 is 15.7 Å². The van der Waals surface area contributed by atoms with Crippen LogP contribution in [0.3, 0.4) is 0 Å². The van der Waals surface area contributed by atoms with Gasteiger partial charge in [-0.25, -0.2) is 8.42 Å². The Balaban J connectivity index is 4.20. The van der Waals surface area contributed by atoms with Gasteiger partial charge in [-0.2, -0.15) is 13.2 Å². The summed E-state index contributed by atoms with van der Waals surface area (Å²) in [7, 11) is -3.72. The van der Waals surface area contributed by atoms with Gasteiger partial charge < -0.3 is 11.1 Å². The standard InChI is InChI=1S/C8H15F3N2O3S/c1-6(2-12)3-17(15,16)4-7(14)13-5-8(9,10)11/h6H,2-5,12H2,1H3,(H,13,14). The Bertz CT molecular complexity index is 354. The van der Waals surface area contributed by atoms with Gasteiger partial charge >= 0.3 is 6.18 Å². The van der Waals surface area contributed by atoms with E-state index in [0.717, 1.165) is 0 Å². The van der Waals surface area contributed by atoms with Crippen LogP contribution in [0.5, 0.6) is 0 Å². The molecule has 1 atom stereocenters. The second kappa shape index (κ2) is 6.20. The Morgan fingerprint density at radius 2 is 1.94 bits per heavy atom. The van der Waals surface area contributed by atoms with E-state index in [-0.39, 0.29) is 18.2 Å². The van der Waals surface area contributed by atoms with Crippen LogP contribution in [0, 0.1) is 5.92 Å². The first-order valence-electron chi connectivity index (χ1n) is 4.79. The average molecular weight is 276 g/mol. The molecule has 0 bridgehead atoms. The van der Waals surface area contributed by atoms with E-state index in [4.69, 9.17) is 5.73 Å². The van der Waals surface area contributed by atoms with E-state index in [1.165, 1.54) is 5.32 Å². The molecule has 0 spiro atoms. The van der Waals surface area contributed by atoms with Crippen molar-refractivity contribution in [2.24, 2.45) is 11.7 Å². The summed E-state index contributed by atoms with van der Waals surface area (Å²) < 4.78 is 57.9. The molecule has 3 N–H and O–H groups in total. The van der Waals surface area contributed by atoms with Crippen LogP contribution >= 0.6 is 0 Å². The lowest BCUT2D eigenvalue weighted by molar-refractivity contribution is -0.137. The van der Waals surface area contributed by atoms with E-state index in [1.807, 2.05) is 0 Å². The van der Waals surface area contributed by atoms with Gasteiger partial charge in [-0.15, -0.1) is 0 Å². The second-order valence-electron chi connectivity index (χ2n) is 3.79. The number of hydrogen-bond acceptors (Lipinski definition) is 4. The summed E-state index contributed by atoms with van der Waals surface area (Å²) in [5, 5.41) is 1.50. The minimum Gasteiger partial charge on any atom is -0.346 e. The molecular formula is C8H15F3N2O3S. The molecule has 9 heteroatoms. The van der Waals surface area contributed by atoms with E-state index in [9.17, 15) is 26.4 Å². The molecule has 0 aromatic carbocycles. The van der Waals surface area contributed by atoms with Crippen LogP contribution in [-0.4, -0.2) is 45.1 Å². The van der Waals surface area contributed by atoms with Gasteiger partial charge in [-0.1, -0.05) is 6.92 Å². The predicted octanol–water partition coefficient (Wildman–Crippen LogP) is -0.325. The molecule has 0 aliphatic heterocycles. The maximum atomic E-state index is 11.7. The van der Waals surface area contributed by atoms with E-state index >= 15 is 0 Å². The van der Waals surface area contributed by atoms with Gasteiger partial charge in [0.1, 0.15) is 12.3 Å². The van der Waals surface area contributed by atoms with Crippen LogP contribution in [-0.2, 0) is 14.6 Å². The van der Waals surface area contributed by atoms with Gasteiger partial charge in [0, 0.05) is 0 Å². The number of nitrogens with two attached hydrogens (primary N) is 1. The van der Waals surface area contributed by atoms with Crippen LogP contribution in [0.15, 0.2) is 0 Å². The fourth-order valence-corrected chi connectivity index (χ4v) is 2.63. The van der Waals surface area contributed by atoms with Gasteiger partial charge in [-0.3, -0.25) is 4.79 Å². The quantitative estimate of drug-likeness (QED) is 0.695. The third kappa shape index (κ3) is 8.93. The molecule has 0 aromatic rings. The molecule has 0 saturated carbocycles. The average Bonchev–Trinajstić information content (AvgIpc) is 2.12. The van der Waals surface area contributed by atoms with Crippen LogP contribution < -0.4 is 11.1 Å². The molecule has 0 fully saturated rings. The Hall–Kier alpha value is -0.830. The number of nitrogens with one attached hydrogen (secondary N) is 1. The molecule has 5 nitrogen and oxygen atoms in total. The number of halogens is 3. The van der Waals surface area contributed by atoms with Crippen LogP contribution in [0.2, 0.25) is 0 Å². The molecule has 0 aliphatic carbocycles. The SMILES string of the molecule is CC(CN)CS(=O)(=O)CC(=O)NCC(F)(F)F. The van der Waals surface area contributed by atoms with E-state index in [1.54, 1.807) is 6.92 Å². The fraction of sp³-hybridized carbons (Fsp3) is 0.875. The molecule has 1 amide bonds. The van der Waals surface area contributed by atoms with Crippen molar-refractivity contribution in [3.05, 3.63) is 0 Å². The second-order valence-corrected chi connectivity index (χ2v) is 5.90. The Morgan fingerprint density at radius 3 is 2.35 bits per heavy atom. The summed E-state index contributed by atoms with van der Waals surface area (Å²) in [6, 6.07) is 0. The minimum absolute atomic E-state index is 0.128. The van der Waals surface area contributed by atoms with Gasteiger partial charge in [-0.05, 0) is 12.5 Å². The highest BCUT2D eigenvalue weighted by molar-refractivity contribution is 7.92. The fourth-order valence-electron chi connectivity index (χ4n) is 1.01. The van der Waals surface area contributed by atoms with Crippen molar-refractivity contribution in [3.63, 3.8) is 0 Å². The zero-order valence-electron chi connectivity index (χ0n) is 9.25. The summed E-state index contributed by atoms with van der Waals surface area (Å²) in [5.74, 6) is -2.77. The molecule has 0 radical (unpaired) electrons. The molecule has 0 rings (SSSR count). The predicted molar refractivity (Wildman–Crippen MR) is 55.9 cm³/mol. The van der Waals surface area contributed by atoms with Crippen molar-refractivity contribution in [2.75, 3.05) is 24.6 Å². The van der Waals surface area contributed by atoms with E-state index < -0.39 is 34.2 Å². The number of carbonyl (C=O) groups excluding carboxylic acids is 1. The number of rotatable bonds is 6. The maximum Gasteiger partial charge on any atom is 0.405 e. The highest BCUT2D eigenvalue weighted by Crippen LogP contribution is 2.12. The number of amides is 1. The monoisotopic (exact) mass is 276 g/mol.